The topological polar surface area (TPSA) is 12.9 Å². The monoisotopic (exact) mass is 195 g/mol. The Morgan fingerprint density at radius 2 is 2.46 bits per heavy atom. The summed E-state index contributed by atoms with van der Waals surface area (Å²) in [6, 6.07) is 4.24. The van der Waals surface area contributed by atoms with E-state index >= 15 is 0 Å². The molecule has 0 radical (unpaired) electrons. The molecule has 1 aromatic heterocycles. The maximum Gasteiger partial charge on any atom is 0.0438 e. The van der Waals surface area contributed by atoms with E-state index in [-0.39, 0.29) is 0 Å². The molecule has 1 aromatic rings. The highest BCUT2D eigenvalue weighted by Gasteiger charge is 2.19. The van der Waals surface area contributed by atoms with Crippen molar-refractivity contribution in [3.8, 4) is 0 Å². The Kier molecular flexibility index (Phi) is 2.84. The van der Waals surface area contributed by atoms with Crippen molar-refractivity contribution in [2.24, 2.45) is 0 Å². The molecule has 0 fully saturated rings. The highest BCUT2D eigenvalue weighted by molar-refractivity contribution is 6.17. The molecule has 2 rings (SSSR count). The molecule has 0 bridgehead atoms. The fourth-order valence-corrected chi connectivity index (χ4v) is 2.40. The third-order valence-corrected chi connectivity index (χ3v) is 3.01. The number of aromatic nitrogens is 1. The smallest absolute Gasteiger partial charge is 0.0438 e. The number of rotatable bonds is 2. The molecule has 0 saturated carbocycles. The molecule has 0 aromatic carbocycles. The molecule has 1 unspecified atom stereocenters. The lowest BCUT2D eigenvalue weighted by molar-refractivity contribution is 0.533. The van der Waals surface area contributed by atoms with Gasteiger partial charge in [-0.25, -0.2) is 0 Å². The van der Waals surface area contributed by atoms with Gasteiger partial charge >= 0.3 is 0 Å². The van der Waals surface area contributed by atoms with Crippen molar-refractivity contribution in [1.82, 2.24) is 4.98 Å². The summed E-state index contributed by atoms with van der Waals surface area (Å²) in [5.41, 5.74) is 2.73. The number of aryl methyl sites for hydroxylation is 1. The van der Waals surface area contributed by atoms with Crippen LogP contribution in [-0.4, -0.2) is 10.9 Å². The van der Waals surface area contributed by atoms with E-state index in [4.69, 9.17) is 11.6 Å². The van der Waals surface area contributed by atoms with E-state index in [0.717, 1.165) is 18.7 Å². The molecule has 1 heterocycles. The number of halogens is 1. The van der Waals surface area contributed by atoms with Crippen molar-refractivity contribution in [3.05, 3.63) is 29.6 Å². The van der Waals surface area contributed by atoms with Crippen molar-refractivity contribution >= 4 is 11.6 Å². The van der Waals surface area contributed by atoms with Crippen molar-refractivity contribution in [2.45, 2.75) is 31.6 Å². The summed E-state index contributed by atoms with van der Waals surface area (Å²) < 4.78 is 0. The minimum Gasteiger partial charge on any atom is -0.261 e. The minimum atomic E-state index is 0.662. The van der Waals surface area contributed by atoms with Crippen LogP contribution in [0.15, 0.2) is 18.3 Å². The lowest BCUT2D eigenvalue weighted by Crippen LogP contribution is -2.11. The first-order valence-corrected chi connectivity index (χ1v) is 5.45. The first-order valence-electron chi connectivity index (χ1n) is 4.91. The van der Waals surface area contributed by atoms with Crippen LogP contribution in [0.1, 0.15) is 36.4 Å². The molecule has 1 atom stereocenters. The standard InChI is InChI=1S/C11H14ClN/c12-7-6-9-3-1-5-11-10(9)4-2-8-13-11/h2,4,8-9H,1,3,5-7H2. The van der Waals surface area contributed by atoms with Gasteiger partial charge in [0.1, 0.15) is 0 Å². The van der Waals surface area contributed by atoms with Gasteiger partial charge in [0.2, 0.25) is 0 Å². The van der Waals surface area contributed by atoms with E-state index in [2.05, 4.69) is 11.1 Å². The zero-order valence-electron chi connectivity index (χ0n) is 7.67. The van der Waals surface area contributed by atoms with Gasteiger partial charge in [0.15, 0.2) is 0 Å². The Labute approximate surface area is 84.1 Å². The maximum absolute atomic E-state index is 5.78. The molecule has 0 N–H and O–H groups in total. The number of hydrogen-bond acceptors (Lipinski definition) is 1. The van der Waals surface area contributed by atoms with Gasteiger partial charge in [-0.2, -0.15) is 0 Å². The summed E-state index contributed by atoms with van der Waals surface area (Å²) >= 11 is 5.78. The van der Waals surface area contributed by atoms with Gasteiger partial charge in [0.25, 0.3) is 0 Å². The van der Waals surface area contributed by atoms with Crippen LogP contribution < -0.4 is 0 Å². The molecule has 0 saturated heterocycles. The summed E-state index contributed by atoms with van der Waals surface area (Å²) in [4.78, 5) is 4.41. The number of nitrogens with zero attached hydrogens (tertiary/aromatic N) is 1. The summed E-state index contributed by atoms with van der Waals surface area (Å²) in [6.45, 7) is 0. The van der Waals surface area contributed by atoms with Crippen LogP contribution in [0.3, 0.4) is 0 Å². The van der Waals surface area contributed by atoms with E-state index in [1.54, 1.807) is 0 Å². The Morgan fingerprint density at radius 3 is 3.31 bits per heavy atom. The Balaban J connectivity index is 2.26. The van der Waals surface area contributed by atoms with Gasteiger partial charge in [-0.1, -0.05) is 6.07 Å². The van der Waals surface area contributed by atoms with Crippen LogP contribution in [0.25, 0.3) is 0 Å². The van der Waals surface area contributed by atoms with Crippen molar-refractivity contribution in [1.29, 1.82) is 0 Å². The summed E-state index contributed by atoms with van der Waals surface area (Å²) in [5.74, 6) is 1.42. The summed E-state index contributed by atoms with van der Waals surface area (Å²) in [5, 5.41) is 0. The van der Waals surface area contributed by atoms with Crippen LogP contribution in [0.4, 0.5) is 0 Å². The fourth-order valence-electron chi connectivity index (χ4n) is 2.13. The number of fused-ring (bicyclic) bond motifs is 1. The van der Waals surface area contributed by atoms with Crippen LogP contribution in [0, 0.1) is 0 Å². The SMILES string of the molecule is ClCCC1CCCc2ncccc21. The molecular weight excluding hydrogens is 182 g/mol. The largest absolute Gasteiger partial charge is 0.261 e. The van der Waals surface area contributed by atoms with Gasteiger partial charge in [-0.15, -0.1) is 11.6 Å². The molecule has 13 heavy (non-hydrogen) atoms. The molecule has 0 aliphatic heterocycles. The lowest BCUT2D eigenvalue weighted by atomic mass is 9.84. The molecule has 1 aliphatic rings. The highest BCUT2D eigenvalue weighted by Crippen LogP contribution is 2.32. The van der Waals surface area contributed by atoms with E-state index in [1.807, 2.05) is 12.3 Å². The second-order valence-electron chi connectivity index (χ2n) is 3.61. The molecule has 70 valence electrons. The molecular formula is C11H14ClN. The first kappa shape index (κ1) is 9.01. The van der Waals surface area contributed by atoms with Crippen LogP contribution >= 0.6 is 11.6 Å². The van der Waals surface area contributed by atoms with Crippen molar-refractivity contribution in [2.75, 3.05) is 5.88 Å². The van der Waals surface area contributed by atoms with Crippen molar-refractivity contribution in [3.63, 3.8) is 0 Å². The Morgan fingerprint density at radius 1 is 1.54 bits per heavy atom. The van der Waals surface area contributed by atoms with E-state index < -0.39 is 0 Å². The first-order chi connectivity index (χ1) is 6.42. The predicted molar refractivity (Wildman–Crippen MR) is 55.3 cm³/mol. The van der Waals surface area contributed by atoms with E-state index in [0.29, 0.717) is 5.92 Å². The van der Waals surface area contributed by atoms with Gasteiger partial charge in [-0.3, -0.25) is 4.98 Å². The number of alkyl halides is 1. The van der Waals surface area contributed by atoms with Crippen LogP contribution in [0.5, 0.6) is 0 Å². The van der Waals surface area contributed by atoms with Crippen LogP contribution in [-0.2, 0) is 6.42 Å². The van der Waals surface area contributed by atoms with Gasteiger partial charge in [0, 0.05) is 17.8 Å². The predicted octanol–water partition coefficient (Wildman–Crippen LogP) is 3.13. The summed E-state index contributed by atoms with van der Waals surface area (Å²) in [7, 11) is 0. The molecule has 0 spiro atoms. The van der Waals surface area contributed by atoms with E-state index in [1.165, 1.54) is 24.1 Å². The molecule has 2 heteroatoms. The van der Waals surface area contributed by atoms with Gasteiger partial charge in [0.05, 0.1) is 0 Å². The van der Waals surface area contributed by atoms with Gasteiger partial charge in [-0.05, 0) is 43.2 Å². The number of hydrogen-bond donors (Lipinski definition) is 0. The third kappa shape index (κ3) is 1.86. The maximum atomic E-state index is 5.78. The normalized spacial score (nSPS) is 21.2. The van der Waals surface area contributed by atoms with Crippen LogP contribution in [0.2, 0.25) is 0 Å². The Hall–Kier alpha value is -0.560. The third-order valence-electron chi connectivity index (χ3n) is 2.79. The zero-order valence-corrected chi connectivity index (χ0v) is 8.43. The van der Waals surface area contributed by atoms with Gasteiger partial charge < -0.3 is 0 Å². The van der Waals surface area contributed by atoms with Crippen molar-refractivity contribution < 1.29 is 0 Å². The average molecular weight is 196 g/mol. The highest BCUT2D eigenvalue weighted by atomic mass is 35.5. The second-order valence-corrected chi connectivity index (χ2v) is 3.98. The molecule has 1 aliphatic carbocycles. The average Bonchev–Trinajstić information content (AvgIpc) is 2.19. The fraction of sp³-hybridized carbons (Fsp3) is 0.545. The molecule has 1 nitrogen and oxygen atoms in total. The quantitative estimate of drug-likeness (QED) is 0.661. The minimum absolute atomic E-state index is 0.662. The molecule has 0 amide bonds. The van der Waals surface area contributed by atoms with E-state index in [9.17, 15) is 0 Å². The Bertz CT molecular complexity index is 285. The summed E-state index contributed by atoms with van der Waals surface area (Å²) in [6.07, 6.45) is 6.69. The lowest BCUT2D eigenvalue weighted by Gasteiger charge is -2.23. The zero-order chi connectivity index (χ0) is 9.10. The number of pyridine rings is 1. The second kappa shape index (κ2) is 4.10.